The lowest BCUT2D eigenvalue weighted by atomic mass is 9.64. The van der Waals surface area contributed by atoms with Gasteiger partial charge in [-0.05, 0) is 105 Å². The lowest BCUT2D eigenvalue weighted by molar-refractivity contribution is 0.667. The lowest BCUT2D eigenvalue weighted by Gasteiger charge is -2.45. The third-order valence-electron chi connectivity index (χ3n) is 16.5. The highest BCUT2D eigenvalue weighted by atomic mass is 32.1. The van der Waals surface area contributed by atoms with Crippen molar-refractivity contribution in [2.24, 2.45) is 0 Å². The molecule has 0 unspecified atom stereocenters. The molecule has 0 N–H and O–H groups in total. The molecule has 17 rings (SSSR count). The summed E-state index contributed by atoms with van der Waals surface area (Å²) in [6.07, 6.45) is 0. The molecule has 0 radical (unpaired) electrons. The van der Waals surface area contributed by atoms with E-state index in [1.807, 2.05) is 42.5 Å². The number of fused-ring (bicyclic) bond motifs is 15. The molecule has 15 aromatic rings. The van der Waals surface area contributed by atoms with E-state index in [9.17, 15) is 0 Å². The van der Waals surface area contributed by atoms with Crippen LogP contribution in [0.4, 0.5) is 17.1 Å². The van der Waals surface area contributed by atoms with E-state index in [1.54, 1.807) is 11.3 Å². The van der Waals surface area contributed by atoms with E-state index in [2.05, 4.69) is 229 Å². The zero-order valence-corrected chi connectivity index (χ0v) is 44.7. The molecule has 0 amide bonds. The summed E-state index contributed by atoms with van der Waals surface area (Å²) in [6, 6.07) is 94.6. The van der Waals surface area contributed by atoms with Crippen molar-refractivity contribution in [3.05, 3.63) is 289 Å². The van der Waals surface area contributed by atoms with Crippen molar-refractivity contribution in [2.45, 2.75) is 5.41 Å². The van der Waals surface area contributed by atoms with Gasteiger partial charge in [-0.1, -0.05) is 206 Å². The smallest absolute Gasteiger partial charge is 0.180 e. The summed E-state index contributed by atoms with van der Waals surface area (Å²) in [5.74, 6) is 2.35. The molecule has 382 valence electrons. The van der Waals surface area contributed by atoms with Gasteiger partial charge in [-0.15, -0.1) is 11.3 Å². The molecule has 8 heteroatoms. The Hall–Kier alpha value is -10.7. The van der Waals surface area contributed by atoms with Crippen LogP contribution in [0, 0.1) is 0 Å². The highest BCUT2D eigenvalue weighted by Crippen LogP contribution is 2.65. The van der Waals surface area contributed by atoms with Crippen LogP contribution in [0.2, 0.25) is 0 Å². The van der Waals surface area contributed by atoms with Gasteiger partial charge in [0.2, 0.25) is 0 Å². The van der Waals surface area contributed by atoms with Crippen LogP contribution in [0.15, 0.2) is 271 Å². The minimum Gasteiger partial charge on any atom is -0.452 e. The molecule has 1 aliphatic carbocycles. The molecule has 82 heavy (non-hydrogen) atoms. The quantitative estimate of drug-likeness (QED) is 0.157. The van der Waals surface area contributed by atoms with Crippen molar-refractivity contribution < 1.29 is 4.42 Å². The number of furan rings is 1. The fourth-order valence-electron chi connectivity index (χ4n) is 13.0. The molecule has 2 aliphatic rings. The van der Waals surface area contributed by atoms with Gasteiger partial charge >= 0.3 is 0 Å². The Balaban J connectivity index is 0.938. The Labute approximate surface area is 475 Å². The largest absolute Gasteiger partial charge is 0.452 e. The van der Waals surface area contributed by atoms with E-state index in [4.69, 9.17) is 29.3 Å². The maximum atomic E-state index is 6.73. The zero-order valence-electron chi connectivity index (χ0n) is 43.9. The van der Waals surface area contributed by atoms with E-state index >= 15 is 0 Å². The molecule has 0 atom stereocenters. The number of aromatic nitrogens is 5. The van der Waals surface area contributed by atoms with Gasteiger partial charge in [0.15, 0.2) is 28.9 Å². The van der Waals surface area contributed by atoms with Gasteiger partial charge in [-0.3, -0.25) is 0 Å². The van der Waals surface area contributed by atoms with E-state index in [1.165, 1.54) is 31.3 Å². The molecular weight excluding hydrogens is 1020 g/mol. The fraction of sp³-hybridized carbons (Fsp3) is 0.0135. The van der Waals surface area contributed by atoms with Crippen molar-refractivity contribution in [3.63, 3.8) is 0 Å². The monoisotopic (exact) mass is 1060 g/mol. The van der Waals surface area contributed by atoms with Crippen LogP contribution in [0.5, 0.6) is 0 Å². The van der Waals surface area contributed by atoms with Crippen molar-refractivity contribution >= 4 is 70.6 Å². The summed E-state index contributed by atoms with van der Waals surface area (Å²) in [5, 5.41) is 3.41. The second-order valence-corrected chi connectivity index (χ2v) is 22.1. The second-order valence-electron chi connectivity index (χ2n) is 21.0. The Morgan fingerprint density at radius 2 is 0.915 bits per heavy atom. The van der Waals surface area contributed by atoms with Gasteiger partial charge < -0.3 is 9.32 Å². The van der Waals surface area contributed by atoms with Gasteiger partial charge in [-0.2, -0.15) is 0 Å². The first-order valence-electron chi connectivity index (χ1n) is 27.6. The van der Waals surface area contributed by atoms with Gasteiger partial charge in [0.25, 0.3) is 0 Å². The third kappa shape index (κ3) is 6.98. The van der Waals surface area contributed by atoms with E-state index in [-0.39, 0.29) is 0 Å². The predicted molar refractivity (Wildman–Crippen MR) is 334 cm³/mol. The number of hydrogen-bond acceptors (Lipinski definition) is 8. The number of hydrogen-bond donors (Lipinski definition) is 0. The average Bonchev–Trinajstić information content (AvgIpc) is 2.30. The van der Waals surface area contributed by atoms with Crippen molar-refractivity contribution in [1.29, 1.82) is 0 Å². The molecule has 4 aromatic heterocycles. The number of benzene rings is 11. The van der Waals surface area contributed by atoms with E-state index in [0.717, 1.165) is 100 Å². The zero-order chi connectivity index (χ0) is 53.9. The molecule has 0 bridgehead atoms. The van der Waals surface area contributed by atoms with Crippen LogP contribution in [0.1, 0.15) is 22.3 Å². The van der Waals surface area contributed by atoms with Crippen LogP contribution in [-0.2, 0) is 5.41 Å². The summed E-state index contributed by atoms with van der Waals surface area (Å²) in [5.41, 5.74) is 18.9. The van der Waals surface area contributed by atoms with E-state index < -0.39 is 5.41 Å². The van der Waals surface area contributed by atoms with Crippen molar-refractivity contribution in [3.8, 4) is 79.1 Å². The third-order valence-corrected chi connectivity index (χ3v) is 17.7. The topological polar surface area (TPSA) is 80.8 Å². The van der Waals surface area contributed by atoms with Crippen LogP contribution in [-0.4, -0.2) is 24.9 Å². The predicted octanol–water partition coefficient (Wildman–Crippen LogP) is 19.1. The summed E-state index contributed by atoms with van der Waals surface area (Å²) < 4.78 is 9.17. The van der Waals surface area contributed by atoms with Crippen LogP contribution in [0.25, 0.3) is 121 Å². The first kappa shape index (κ1) is 46.3. The van der Waals surface area contributed by atoms with Crippen molar-refractivity contribution in [2.75, 3.05) is 4.90 Å². The summed E-state index contributed by atoms with van der Waals surface area (Å²) in [6.45, 7) is 0. The molecule has 0 saturated carbocycles. The Bertz CT molecular complexity index is 5030. The summed E-state index contributed by atoms with van der Waals surface area (Å²) in [4.78, 5) is 29.7. The Morgan fingerprint density at radius 3 is 1.71 bits per heavy atom. The lowest BCUT2D eigenvalue weighted by Crippen LogP contribution is -2.36. The maximum absolute atomic E-state index is 6.73. The Morgan fingerprint density at radius 1 is 0.341 bits per heavy atom. The average molecular weight is 1070 g/mol. The molecule has 11 aromatic carbocycles. The minimum atomic E-state index is -0.782. The van der Waals surface area contributed by atoms with Crippen LogP contribution >= 0.6 is 11.3 Å². The fourth-order valence-corrected chi connectivity index (χ4v) is 14.1. The standard InChI is InChI=1S/C74H44N6OS/c1-4-20-45(21-5-1)47-24-18-25-49(42-47)72-77-70(46-22-6-2-7-23-46)78-73(79-72)55-30-19-33-60-66(55)56-43-50(39-41-57(56)74(60)58-31-12-14-34-61(58)80(51-26-8-3-9-27-51)62-35-15-13-32-59(62)74)71-75-67(69-68(76-71)54-29-10-16-36-63(54)81-69)48-38-40-53-52-28-11-17-37-64(52)82-65(53)44-48/h1-44H. The van der Waals surface area contributed by atoms with Gasteiger partial charge in [-0.25, -0.2) is 24.9 Å². The molecule has 1 spiro atoms. The number of para-hydroxylation sites is 4. The number of rotatable bonds is 7. The van der Waals surface area contributed by atoms with Crippen LogP contribution < -0.4 is 4.90 Å². The summed E-state index contributed by atoms with van der Waals surface area (Å²) in [7, 11) is 0. The highest BCUT2D eigenvalue weighted by Gasteiger charge is 2.52. The van der Waals surface area contributed by atoms with Crippen LogP contribution in [0.3, 0.4) is 0 Å². The van der Waals surface area contributed by atoms with Gasteiger partial charge in [0.1, 0.15) is 16.8 Å². The van der Waals surface area contributed by atoms with Gasteiger partial charge in [0, 0.05) is 59.1 Å². The van der Waals surface area contributed by atoms with Gasteiger partial charge in [0.05, 0.1) is 16.8 Å². The summed E-state index contributed by atoms with van der Waals surface area (Å²) >= 11 is 1.80. The van der Waals surface area contributed by atoms with E-state index in [0.29, 0.717) is 28.9 Å². The molecule has 5 heterocycles. The Kier molecular flexibility index (Phi) is 10.3. The second kappa shape index (κ2) is 18.2. The highest BCUT2D eigenvalue weighted by molar-refractivity contribution is 7.25. The SMILES string of the molecule is c1ccc(-c2cccc(-c3nc(-c4ccccc4)nc(-c4cccc5c4-c4cc(-c6nc(-c7ccc8c(c7)sc7ccccc78)c7oc8ccccc8c7n6)ccc4C54c5ccccc5N(c5ccccc5)c5ccccc54)n3)c2)cc1. The number of thiophene rings is 1. The number of anilines is 3. The first-order valence-corrected chi connectivity index (χ1v) is 28.4. The molecule has 0 saturated heterocycles. The first-order chi connectivity index (χ1) is 40.6. The molecule has 1 aliphatic heterocycles. The maximum Gasteiger partial charge on any atom is 0.180 e. The minimum absolute atomic E-state index is 0.573. The molecule has 7 nitrogen and oxygen atoms in total. The molecule has 0 fully saturated rings. The number of nitrogens with zero attached hydrogens (tertiary/aromatic N) is 6. The van der Waals surface area contributed by atoms with Crippen molar-refractivity contribution in [1.82, 2.24) is 24.9 Å². The normalized spacial score (nSPS) is 13.0. The molecular formula is C74H44N6OS.